The van der Waals surface area contributed by atoms with Gasteiger partial charge in [-0.2, -0.15) is 0 Å². The van der Waals surface area contributed by atoms with Crippen molar-refractivity contribution in [2.75, 3.05) is 17.2 Å². The molecule has 1 aliphatic heterocycles. The van der Waals surface area contributed by atoms with Crippen LogP contribution in [0.3, 0.4) is 0 Å². The number of rotatable bonds is 6. The zero-order valence-electron chi connectivity index (χ0n) is 16.4. The Morgan fingerprint density at radius 2 is 1.84 bits per heavy atom. The molecule has 160 valence electrons. The number of imidazole rings is 1. The molecule has 4 rings (SSSR count). The van der Waals surface area contributed by atoms with E-state index < -0.39 is 16.6 Å². The average Bonchev–Trinajstić information content (AvgIpc) is 3.25. The first kappa shape index (κ1) is 20.1. The van der Waals surface area contributed by atoms with Gasteiger partial charge in [-0.05, 0) is 60.4 Å². The molecule has 2 amide bonds. The summed E-state index contributed by atoms with van der Waals surface area (Å²) in [6.07, 6.45) is 1.33. The predicted molar refractivity (Wildman–Crippen MR) is 109 cm³/mol. The molecule has 0 saturated carbocycles. The van der Waals surface area contributed by atoms with Crippen molar-refractivity contribution in [1.29, 1.82) is 0 Å². The van der Waals surface area contributed by atoms with Crippen molar-refractivity contribution < 1.29 is 23.6 Å². The zero-order valence-corrected chi connectivity index (χ0v) is 16.4. The van der Waals surface area contributed by atoms with Gasteiger partial charge in [0.2, 0.25) is 0 Å². The fourth-order valence-corrected chi connectivity index (χ4v) is 3.05. The molecule has 2 N–H and O–H groups in total. The van der Waals surface area contributed by atoms with Gasteiger partial charge in [-0.25, -0.2) is 9.18 Å². The van der Waals surface area contributed by atoms with Crippen LogP contribution >= 0.6 is 0 Å². The zero-order chi connectivity index (χ0) is 22.0. The van der Waals surface area contributed by atoms with E-state index in [0.717, 1.165) is 0 Å². The van der Waals surface area contributed by atoms with E-state index in [1.54, 1.807) is 28.8 Å². The van der Waals surface area contributed by atoms with Gasteiger partial charge in [-0.15, -0.1) is 0 Å². The average molecular weight is 427 g/mol. The highest BCUT2D eigenvalue weighted by Crippen LogP contribution is 2.31. The Kier molecular flexibility index (Phi) is 5.15. The first-order valence-corrected chi connectivity index (χ1v) is 9.27. The molecule has 2 aromatic carbocycles. The number of urea groups is 1. The van der Waals surface area contributed by atoms with Crippen molar-refractivity contribution in [3.8, 4) is 11.8 Å². The highest BCUT2D eigenvalue weighted by Gasteiger charge is 2.41. The van der Waals surface area contributed by atoms with Crippen LogP contribution in [0.1, 0.15) is 6.92 Å². The van der Waals surface area contributed by atoms with E-state index in [-0.39, 0.29) is 24.3 Å². The highest BCUT2D eigenvalue weighted by atomic mass is 19.1. The van der Waals surface area contributed by atoms with Crippen LogP contribution in [-0.2, 0) is 6.54 Å². The molecule has 11 heteroatoms. The van der Waals surface area contributed by atoms with E-state index in [0.29, 0.717) is 23.7 Å². The molecule has 1 atom stereocenters. The van der Waals surface area contributed by atoms with E-state index in [1.807, 2.05) is 6.92 Å². The molecule has 2 heterocycles. The number of nitrogens with one attached hydrogen (secondary N) is 2. The third kappa shape index (κ3) is 4.71. The summed E-state index contributed by atoms with van der Waals surface area (Å²) in [6.45, 7) is 2.39. The van der Waals surface area contributed by atoms with Gasteiger partial charge < -0.3 is 30.2 Å². The normalized spacial score (nSPS) is 16.8. The minimum absolute atomic E-state index is 0.185. The van der Waals surface area contributed by atoms with Crippen LogP contribution in [0.5, 0.6) is 11.8 Å². The molecule has 0 fully saturated rings. The maximum atomic E-state index is 12.9. The molecule has 3 aromatic rings. The van der Waals surface area contributed by atoms with E-state index >= 15 is 0 Å². The summed E-state index contributed by atoms with van der Waals surface area (Å²) < 4.78 is 26.0. The summed E-state index contributed by atoms with van der Waals surface area (Å²) in [5.41, 5.74) is 0.292. The van der Waals surface area contributed by atoms with Crippen molar-refractivity contribution in [3.63, 3.8) is 0 Å². The number of aromatic nitrogens is 2. The first-order chi connectivity index (χ1) is 14.8. The molecule has 0 aliphatic carbocycles. The standard InChI is InChI=1S/C20H18FN5O5/c1-20(11-25-10-17(26(28)29)24-19(25)31-20)12-30-16-8-6-15(7-9-16)23-18(27)22-14-4-2-13(21)3-5-14/h2-10H,11-12H2,1H3,(H2,22,23,27). The lowest BCUT2D eigenvalue weighted by Gasteiger charge is -2.22. The number of fused-ring (bicyclic) bond motifs is 1. The Morgan fingerprint density at radius 1 is 1.23 bits per heavy atom. The molecule has 0 saturated heterocycles. The number of amides is 2. The van der Waals surface area contributed by atoms with E-state index in [9.17, 15) is 19.3 Å². The van der Waals surface area contributed by atoms with Crippen LogP contribution in [0, 0.1) is 15.9 Å². The van der Waals surface area contributed by atoms with Crippen molar-refractivity contribution >= 4 is 23.2 Å². The molecule has 0 bridgehead atoms. The second-order valence-corrected chi connectivity index (χ2v) is 7.22. The van der Waals surface area contributed by atoms with Crippen LogP contribution in [0.15, 0.2) is 54.7 Å². The van der Waals surface area contributed by atoms with Gasteiger partial charge in [0.25, 0.3) is 0 Å². The Labute approximate surface area is 175 Å². The summed E-state index contributed by atoms with van der Waals surface area (Å²) in [7, 11) is 0. The summed E-state index contributed by atoms with van der Waals surface area (Å²) in [5.74, 6) is -0.0843. The summed E-state index contributed by atoms with van der Waals surface area (Å²) >= 11 is 0. The van der Waals surface area contributed by atoms with Gasteiger partial charge in [0, 0.05) is 16.4 Å². The Balaban J connectivity index is 1.28. The minimum atomic E-state index is -0.719. The highest BCUT2D eigenvalue weighted by molar-refractivity contribution is 5.99. The maximum Gasteiger partial charge on any atom is 0.415 e. The van der Waals surface area contributed by atoms with Crippen LogP contribution in [0.4, 0.5) is 26.4 Å². The largest absolute Gasteiger partial charge is 0.489 e. The number of hydrogen-bond donors (Lipinski definition) is 2. The summed E-state index contributed by atoms with van der Waals surface area (Å²) in [4.78, 5) is 26.1. The maximum absolute atomic E-state index is 12.9. The van der Waals surface area contributed by atoms with Gasteiger partial charge in [-0.1, -0.05) is 0 Å². The fraction of sp³-hybridized carbons (Fsp3) is 0.200. The number of nitro groups is 1. The number of carbonyl (C=O) groups is 1. The van der Waals surface area contributed by atoms with Gasteiger partial charge in [-0.3, -0.25) is 4.57 Å². The van der Waals surface area contributed by atoms with E-state index in [1.165, 1.54) is 30.5 Å². The van der Waals surface area contributed by atoms with Crippen LogP contribution < -0.4 is 20.1 Å². The van der Waals surface area contributed by atoms with Crippen LogP contribution in [0.25, 0.3) is 0 Å². The minimum Gasteiger partial charge on any atom is -0.489 e. The smallest absolute Gasteiger partial charge is 0.415 e. The van der Waals surface area contributed by atoms with Gasteiger partial charge in [0.15, 0.2) is 5.60 Å². The van der Waals surface area contributed by atoms with Crippen molar-refractivity contribution in [2.45, 2.75) is 19.1 Å². The van der Waals surface area contributed by atoms with Gasteiger partial charge >= 0.3 is 17.9 Å². The topological polar surface area (TPSA) is 121 Å². The molecule has 1 unspecified atom stereocenters. The number of halogens is 1. The summed E-state index contributed by atoms with van der Waals surface area (Å²) in [6, 6.07) is 11.9. The molecular weight excluding hydrogens is 409 g/mol. The quantitative estimate of drug-likeness (QED) is 0.456. The molecule has 31 heavy (non-hydrogen) atoms. The lowest BCUT2D eigenvalue weighted by Crippen LogP contribution is -2.38. The molecule has 1 aliphatic rings. The molecule has 0 radical (unpaired) electrons. The van der Waals surface area contributed by atoms with Crippen molar-refractivity contribution in [3.05, 3.63) is 70.7 Å². The van der Waals surface area contributed by atoms with E-state index in [4.69, 9.17) is 9.47 Å². The number of benzene rings is 2. The van der Waals surface area contributed by atoms with Gasteiger partial charge in [0.1, 0.15) is 24.4 Å². The molecular formula is C20H18FN5O5. The third-order valence-corrected chi connectivity index (χ3v) is 4.52. The first-order valence-electron chi connectivity index (χ1n) is 9.27. The second-order valence-electron chi connectivity index (χ2n) is 7.22. The number of hydrogen-bond acceptors (Lipinski definition) is 6. The number of anilines is 2. The Hall–Kier alpha value is -4.15. The number of nitrogens with zero attached hydrogens (tertiary/aromatic N) is 3. The Morgan fingerprint density at radius 3 is 2.42 bits per heavy atom. The van der Waals surface area contributed by atoms with Gasteiger partial charge in [0.05, 0.1) is 6.54 Å². The van der Waals surface area contributed by atoms with E-state index in [2.05, 4.69) is 15.6 Å². The van der Waals surface area contributed by atoms with Crippen molar-refractivity contribution in [2.24, 2.45) is 0 Å². The monoisotopic (exact) mass is 427 g/mol. The molecule has 0 spiro atoms. The van der Waals surface area contributed by atoms with Crippen LogP contribution in [-0.4, -0.2) is 32.7 Å². The lowest BCUT2D eigenvalue weighted by molar-refractivity contribution is -0.389. The lowest BCUT2D eigenvalue weighted by atomic mass is 10.1. The van der Waals surface area contributed by atoms with Crippen LogP contribution in [0.2, 0.25) is 0 Å². The Bertz CT molecular complexity index is 1090. The number of carbonyl (C=O) groups excluding carboxylic acids is 1. The third-order valence-electron chi connectivity index (χ3n) is 4.52. The molecule has 10 nitrogen and oxygen atoms in total. The predicted octanol–water partition coefficient (Wildman–Crippen LogP) is 3.80. The van der Waals surface area contributed by atoms with Crippen molar-refractivity contribution in [1.82, 2.24) is 9.55 Å². The SMILES string of the molecule is CC1(COc2ccc(NC(=O)Nc3ccc(F)cc3)cc2)Cn2cc([N+](=O)[O-])nc2O1. The summed E-state index contributed by atoms with van der Waals surface area (Å²) in [5, 5.41) is 16.1. The molecule has 1 aromatic heterocycles. The second kappa shape index (κ2) is 7.94. The fourth-order valence-electron chi connectivity index (χ4n) is 3.05. The number of ether oxygens (including phenoxy) is 2.